The fourth-order valence-electron chi connectivity index (χ4n) is 1.28. The van der Waals surface area contributed by atoms with Crippen molar-refractivity contribution in [1.29, 1.82) is 0 Å². The molecule has 15 heavy (non-hydrogen) atoms. The molecule has 1 heterocycles. The second-order valence-electron chi connectivity index (χ2n) is 3.84. The van der Waals surface area contributed by atoms with Crippen LogP contribution in [0.4, 0.5) is 0 Å². The van der Waals surface area contributed by atoms with E-state index in [0.717, 1.165) is 0 Å². The summed E-state index contributed by atoms with van der Waals surface area (Å²) >= 11 is 0. The van der Waals surface area contributed by atoms with E-state index in [4.69, 9.17) is 23.7 Å². The van der Waals surface area contributed by atoms with Gasteiger partial charge < -0.3 is 23.7 Å². The standard InChI is InChI=1S/C10H20O5/c1-10(2)14-7-9(15-10)6-13-8-12-5-4-11-3/h9H,4-8H2,1-3H3/t9-/m1/s1. The summed E-state index contributed by atoms with van der Waals surface area (Å²) in [6.45, 7) is 6.25. The molecule has 0 unspecified atom stereocenters. The third-order valence-electron chi connectivity index (χ3n) is 1.97. The van der Waals surface area contributed by atoms with E-state index >= 15 is 0 Å². The van der Waals surface area contributed by atoms with Gasteiger partial charge in [0.1, 0.15) is 12.9 Å². The van der Waals surface area contributed by atoms with Crippen molar-refractivity contribution in [1.82, 2.24) is 0 Å². The van der Waals surface area contributed by atoms with Gasteiger partial charge in [-0.05, 0) is 13.8 Å². The van der Waals surface area contributed by atoms with Crippen LogP contribution in [0.3, 0.4) is 0 Å². The molecular weight excluding hydrogens is 200 g/mol. The summed E-state index contributed by atoms with van der Waals surface area (Å²) in [6, 6.07) is 0. The van der Waals surface area contributed by atoms with Crippen molar-refractivity contribution in [2.75, 3.05) is 40.3 Å². The lowest BCUT2D eigenvalue weighted by Gasteiger charge is -2.17. The first-order valence-corrected chi connectivity index (χ1v) is 5.10. The molecule has 0 aromatic carbocycles. The average molecular weight is 220 g/mol. The molecule has 0 aliphatic carbocycles. The Balaban J connectivity index is 1.93. The Bertz CT molecular complexity index is 171. The highest BCUT2D eigenvalue weighted by Gasteiger charge is 2.32. The van der Waals surface area contributed by atoms with E-state index in [2.05, 4.69) is 0 Å². The normalized spacial score (nSPS) is 24.6. The number of hydrogen-bond acceptors (Lipinski definition) is 5. The SMILES string of the molecule is COCCOCOC[C@@H]1COC(C)(C)O1. The quantitative estimate of drug-likeness (QED) is 0.468. The summed E-state index contributed by atoms with van der Waals surface area (Å²) in [4.78, 5) is 0. The Morgan fingerprint density at radius 1 is 1.27 bits per heavy atom. The molecule has 0 aromatic rings. The van der Waals surface area contributed by atoms with Gasteiger partial charge in [0, 0.05) is 7.11 Å². The van der Waals surface area contributed by atoms with E-state index in [0.29, 0.717) is 26.4 Å². The number of methoxy groups -OCH3 is 1. The lowest BCUT2D eigenvalue weighted by atomic mass is 10.4. The van der Waals surface area contributed by atoms with Crippen molar-refractivity contribution in [3.8, 4) is 0 Å². The Morgan fingerprint density at radius 2 is 2.07 bits per heavy atom. The summed E-state index contributed by atoms with van der Waals surface area (Å²) in [6.07, 6.45) is 0.00558. The topological polar surface area (TPSA) is 46.2 Å². The van der Waals surface area contributed by atoms with Crippen molar-refractivity contribution >= 4 is 0 Å². The molecule has 0 N–H and O–H groups in total. The van der Waals surface area contributed by atoms with Crippen LogP contribution in [0.2, 0.25) is 0 Å². The maximum absolute atomic E-state index is 5.55. The molecule has 5 nitrogen and oxygen atoms in total. The van der Waals surface area contributed by atoms with Gasteiger partial charge >= 0.3 is 0 Å². The van der Waals surface area contributed by atoms with Gasteiger partial charge in [-0.15, -0.1) is 0 Å². The number of hydrogen-bond donors (Lipinski definition) is 0. The highest BCUT2D eigenvalue weighted by molar-refractivity contribution is 4.69. The molecule has 0 saturated carbocycles. The van der Waals surface area contributed by atoms with E-state index in [-0.39, 0.29) is 12.9 Å². The molecule has 0 radical (unpaired) electrons. The van der Waals surface area contributed by atoms with E-state index < -0.39 is 5.79 Å². The van der Waals surface area contributed by atoms with E-state index in [1.165, 1.54) is 0 Å². The zero-order chi connectivity index (χ0) is 11.1. The smallest absolute Gasteiger partial charge is 0.163 e. The molecule has 90 valence electrons. The molecule has 1 aliphatic rings. The van der Waals surface area contributed by atoms with E-state index in [9.17, 15) is 0 Å². The lowest BCUT2D eigenvalue weighted by Crippen LogP contribution is -2.24. The zero-order valence-electron chi connectivity index (χ0n) is 9.65. The number of ether oxygens (including phenoxy) is 5. The van der Waals surface area contributed by atoms with Gasteiger partial charge in [0.25, 0.3) is 0 Å². The van der Waals surface area contributed by atoms with Crippen molar-refractivity contribution in [2.24, 2.45) is 0 Å². The van der Waals surface area contributed by atoms with Gasteiger partial charge in [0.2, 0.25) is 0 Å². The third-order valence-corrected chi connectivity index (χ3v) is 1.97. The van der Waals surface area contributed by atoms with Gasteiger partial charge in [-0.3, -0.25) is 0 Å². The molecule has 0 bridgehead atoms. The molecule has 1 fully saturated rings. The Labute approximate surface area is 90.6 Å². The van der Waals surface area contributed by atoms with Crippen LogP contribution in [-0.4, -0.2) is 52.2 Å². The lowest BCUT2D eigenvalue weighted by molar-refractivity contribution is -0.153. The van der Waals surface area contributed by atoms with E-state index in [1.54, 1.807) is 7.11 Å². The summed E-state index contributed by atoms with van der Waals surface area (Å²) in [5, 5.41) is 0. The molecule has 5 heteroatoms. The molecular formula is C10H20O5. The van der Waals surface area contributed by atoms with Crippen LogP contribution in [0, 0.1) is 0 Å². The maximum Gasteiger partial charge on any atom is 0.163 e. The minimum absolute atomic E-state index is 0.00558. The fraction of sp³-hybridized carbons (Fsp3) is 1.00. The van der Waals surface area contributed by atoms with Gasteiger partial charge in [-0.1, -0.05) is 0 Å². The molecule has 1 rings (SSSR count). The molecule has 1 atom stereocenters. The van der Waals surface area contributed by atoms with E-state index in [1.807, 2.05) is 13.8 Å². The average Bonchev–Trinajstić information content (AvgIpc) is 2.52. The second-order valence-corrected chi connectivity index (χ2v) is 3.84. The van der Waals surface area contributed by atoms with Crippen molar-refractivity contribution < 1.29 is 23.7 Å². The zero-order valence-corrected chi connectivity index (χ0v) is 9.65. The first kappa shape index (κ1) is 12.9. The molecule has 1 saturated heterocycles. The highest BCUT2D eigenvalue weighted by Crippen LogP contribution is 2.22. The molecule has 0 aromatic heterocycles. The summed E-state index contributed by atoms with van der Waals surface area (Å²) < 4.78 is 26.2. The van der Waals surface area contributed by atoms with Crippen LogP contribution in [0.25, 0.3) is 0 Å². The van der Waals surface area contributed by atoms with Crippen molar-refractivity contribution in [3.05, 3.63) is 0 Å². The van der Waals surface area contributed by atoms with Crippen LogP contribution in [0.5, 0.6) is 0 Å². The predicted molar refractivity (Wildman–Crippen MR) is 53.6 cm³/mol. The Morgan fingerprint density at radius 3 is 2.67 bits per heavy atom. The van der Waals surface area contributed by atoms with Crippen molar-refractivity contribution in [2.45, 2.75) is 25.7 Å². The molecule has 0 amide bonds. The maximum atomic E-state index is 5.55. The van der Waals surface area contributed by atoms with Crippen LogP contribution in [-0.2, 0) is 23.7 Å². The minimum atomic E-state index is -0.481. The minimum Gasteiger partial charge on any atom is -0.382 e. The van der Waals surface area contributed by atoms with Crippen LogP contribution in [0.15, 0.2) is 0 Å². The largest absolute Gasteiger partial charge is 0.382 e. The highest BCUT2D eigenvalue weighted by atomic mass is 16.8. The van der Waals surface area contributed by atoms with Gasteiger partial charge in [-0.25, -0.2) is 0 Å². The summed E-state index contributed by atoms with van der Waals surface area (Å²) in [5.74, 6) is -0.481. The molecule has 1 aliphatic heterocycles. The first-order chi connectivity index (χ1) is 7.14. The number of rotatable bonds is 7. The first-order valence-electron chi connectivity index (χ1n) is 5.10. The molecule has 0 spiro atoms. The third kappa shape index (κ3) is 5.44. The Hall–Kier alpha value is -0.200. The monoisotopic (exact) mass is 220 g/mol. The van der Waals surface area contributed by atoms with Gasteiger partial charge in [-0.2, -0.15) is 0 Å². The second kappa shape index (κ2) is 6.40. The van der Waals surface area contributed by atoms with Crippen LogP contribution in [0.1, 0.15) is 13.8 Å². The van der Waals surface area contributed by atoms with Crippen LogP contribution < -0.4 is 0 Å². The summed E-state index contributed by atoms with van der Waals surface area (Å²) in [5.41, 5.74) is 0. The van der Waals surface area contributed by atoms with Crippen molar-refractivity contribution in [3.63, 3.8) is 0 Å². The fourth-order valence-corrected chi connectivity index (χ4v) is 1.28. The summed E-state index contributed by atoms with van der Waals surface area (Å²) in [7, 11) is 1.63. The van der Waals surface area contributed by atoms with Gasteiger partial charge in [0.15, 0.2) is 5.79 Å². The van der Waals surface area contributed by atoms with Gasteiger partial charge in [0.05, 0.1) is 26.4 Å². The predicted octanol–water partition coefficient (Wildman–Crippen LogP) is 0.775. The van der Waals surface area contributed by atoms with Crippen LogP contribution >= 0.6 is 0 Å². The Kier molecular flexibility index (Phi) is 5.49.